The van der Waals surface area contributed by atoms with E-state index in [9.17, 15) is 4.79 Å². The van der Waals surface area contributed by atoms with Crippen molar-refractivity contribution in [3.05, 3.63) is 45.6 Å². The Morgan fingerprint density at radius 1 is 1.56 bits per heavy atom. The number of hydrogen-bond acceptors (Lipinski definition) is 2. The number of nitrogens with zero attached hydrogens (tertiary/aromatic N) is 2. The molecule has 1 N–H and O–H groups in total. The van der Waals surface area contributed by atoms with Gasteiger partial charge in [-0.15, -0.1) is 0 Å². The van der Waals surface area contributed by atoms with Crippen LogP contribution < -0.4 is 5.56 Å². The van der Waals surface area contributed by atoms with Crippen LogP contribution in [0.2, 0.25) is 5.15 Å². The summed E-state index contributed by atoms with van der Waals surface area (Å²) < 4.78 is 1.42. The lowest BCUT2D eigenvalue weighted by Gasteiger charge is -2.02. The highest BCUT2D eigenvalue weighted by Gasteiger charge is 2.08. The van der Waals surface area contributed by atoms with Crippen LogP contribution in [-0.2, 0) is 6.42 Å². The highest BCUT2D eigenvalue weighted by atomic mass is 35.5. The van der Waals surface area contributed by atoms with Gasteiger partial charge in [-0.1, -0.05) is 24.9 Å². The molecule has 2 aromatic heterocycles. The van der Waals surface area contributed by atoms with Gasteiger partial charge in [0, 0.05) is 18.0 Å². The SMILES string of the molecule is CCCc1cc(=O)n(-c2cccnc2Cl)[nH]1. The molecule has 0 aromatic carbocycles. The minimum atomic E-state index is -0.113. The van der Waals surface area contributed by atoms with Gasteiger partial charge in [0.1, 0.15) is 5.69 Å². The van der Waals surface area contributed by atoms with Gasteiger partial charge in [-0.3, -0.25) is 9.89 Å². The van der Waals surface area contributed by atoms with E-state index in [1.165, 1.54) is 4.68 Å². The first kappa shape index (κ1) is 11.0. The lowest BCUT2D eigenvalue weighted by Crippen LogP contribution is -2.14. The Morgan fingerprint density at radius 2 is 2.38 bits per heavy atom. The summed E-state index contributed by atoms with van der Waals surface area (Å²) in [5.74, 6) is 0. The third-order valence-electron chi connectivity index (χ3n) is 2.27. The molecule has 0 spiro atoms. The van der Waals surface area contributed by atoms with Gasteiger partial charge in [-0.25, -0.2) is 9.67 Å². The lowest BCUT2D eigenvalue weighted by molar-refractivity contribution is 0.791. The molecule has 0 aliphatic carbocycles. The average Bonchev–Trinajstić information content (AvgIpc) is 2.61. The Labute approximate surface area is 97.9 Å². The van der Waals surface area contributed by atoms with E-state index in [2.05, 4.69) is 17.0 Å². The number of rotatable bonds is 3. The number of H-pyrrole nitrogens is 1. The molecule has 0 unspecified atom stereocenters. The zero-order chi connectivity index (χ0) is 11.5. The smallest absolute Gasteiger partial charge is 0.271 e. The first-order chi connectivity index (χ1) is 7.72. The predicted molar refractivity (Wildman–Crippen MR) is 63.2 cm³/mol. The van der Waals surface area contributed by atoms with Gasteiger partial charge in [0.25, 0.3) is 5.56 Å². The molecule has 2 rings (SSSR count). The largest absolute Gasteiger partial charge is 0.295 e. The van der Waals surface area contributed by atoms with Gasteiger partial charge in [0.2, 0.25) is 0 Å². The van der Waals surface area contributed by atoms with Crippen LogP contribution in [-0.4, -0.2) is 14.8 Å². The second-order valence-electron chi connectivity index (χ2n) is 3.52. The van der Waals surface area contributed by atoms with Crippen LogP contribution in [0.15, 0.2) is 29.2 Å². The molecular weight excluding hydrogens is 226 g/mol. The second kappa shape index (κ2) is 4.53. The fourth-order valence-electron chi connectivity index (χ4n) is 1.57. The average molecular weight is 238 g/mol. The van der Waals surface area contributed by atoms with Gasteiger partial charge >= 0.3 is 0 Å². The fraction of sp³-hybridized carbons (Fsp3) is 0.273. The zero-order valence-electron chi connectivity index (χ0n) is 8.90. The number of aryl methyl sites for hydroxylation is 1. The molecule has 2 heterocycles. The van der Waals surface area contributed by atoms with Crippen molar-refractivity contribution in [3.8, 4) is 5.69 Å². The summed E-state index contributed by atoms with van der Waals surface area (Å²) in [4.78, 5) is 15.7. The second-order valence-corrected chi connectivity index (χ2v) is 3.88. The highest BCUT2D eigenvalue weighted by molar-refractivity contribution is 6.31. The number of aromatic amines is 1. The van der Waals surface area contributed by atoms with Gasteiger partial charge in [-0.05, 0) is 18.6 Å². The molecule has 0 amide bonds. The molecule has 0 bridgehead atoms. The van der Waals surface area contributed by atoms with Crippen molar-refractivity contribution in [3.63, 3.8) is 0 Å². The van der Waals surface area contributed by atoms with E-state index in [4.69, 9.17) is 11.6 Å². The van der Waals surface area contributed by atoms with Crippen molar-refractivity contribution in [2.75, 3.05) is 0 Å². The van der Waals surface area contributed by atoms with Gasteiger partial charge in [-0.2, -0.15) is 0 Å². The van der Waals surface area contributed by atoms with Crippen LogP contribution in [0.25, 0.3) is 5.69 Å². The summed E-state index contributed by atoms with van der Waals surface area (Å²) in [5, 5.41) is 3.33. The van der Waals surface area contributed by atoms with Crippen molar-refractivity contribution < 1.29 is 0 Å². The predicted octanol–water partition coefficient (Wildman–Crippen LogP) is 2.17. The molecule has 0 fully saturated rings. The van der Waals surface area contributed by atoms with Crippen molar-refractivity contribution in [2.45, 2.75) is 19.8 Å². The molecule has 0 saturated carbocycles. The third kappa shape index (κ3) is 2.02. The van der Waals surface area contributed by atoms with Crippen LogP contribution in [0.4, 0.5) is 0 Å². The van der Waals surface area contributed by atoms with Crippen molar-refractivity contribution in [2.24, 2.45) is 0 Å². The number of halogens is 1. The molecule has 4 nitrogen and oxygen atoms in total. The molecule has 2 aromatic rings. The first-order valence-electron chi connectivity index (χ1n) is 5.14. The molecule has 0 atom stereocenters. The molecular formula is C11H12ClN3O. The summed E-state index contributed by atoms with van der Waals surface area (Å²) in [6, 6.07) is 5.09. The number of nitrogens with one attached hydrogen (secondary N) is 1. The minimum Gasteiger partial charge on any atom is -0.295 e. The van der Waals surface area contributed by atoms with E-state index >= 15 is 0 Å². The number of hydrogen-bond donors (Lipinski definition) is 1. The summed E-state index contributed by atoms with van der Waals surface area (Å²) in [6.07, 6.45) is 3.42. The van der Waals surface area contributed by atoms with Crippen molar-refractivity contribution in [1.82, 2.24) is 14.8 Å². The van der Waals surface area contributed by atoms with E-state index in [-0.39, 0.29) is 5.56 Å². The van der Waals surface area contributed by atoms with Crippen LogP contribution >= 0.6 is 11.6 Å². The standard InChI is InChI=1S/C11H12ClN3O/c1-2-4-8-7-10(16)15(14-8)9-5-3-6-13-11(9)12/h3,5-7,14H,2,4H2,1H3. The van der Waals surface area contributed by atoms with E-state index in [1.54, 1.807) is 24.4 Å². The normalized spacial score (nSPS) is 10.6. The topological polar surface area (TPSA) is 50.7 Å². The van der Waals surface area contributed by atoms with Crippen LogP contribution in [0.3, 0.4) is 0 Å². The van der Waals surface area contributed by atoms with Crippen molar-refractivity contribution in [1.29, 1.82) is 0 Å². The van der Waals surface area contributed by atoms with E-state index < -0.39 is 0 Å². The Morgan fingerprint density at radius 3 is 3.06 bits per heavy atom. The summed E-state index contributed by atoms with van der Waals surface area (Å²) in [5.41, 5.74) is 1.38. The van der Waals surface area contributed by atoms with Gasteiger partial charge in [0.15, 0.2) is 5.15 Å². The molecule has 5 heteroatoms. The number of pyridine rings is 1. The fourth-order valence-corrected chi connectivity index (χ4v) is 1.77. The zero-order valence-corrected chi connectivity index (χ0v) is 9.66. The summed E-state index contributed by atoms with van der Waals surface area (Å²) in [6.45, 7) is 2.06. The molecule has 0 radical (unpaired) electrons. The monoisotopic (exact) mass is 237 g/mol. The Balaban J connectivity index is 2.48. The van der Waals surface area contributed by atoms with E-state index in [0.29, 0.717) is 10.8 Å². The summed E-state index contributed by atoms with van der Waals surface area (Å²) >= 11 is 5.93. The molecule has 84 valence electrons. The minimum absolute atomic E-state index is 0.113. The quantitative estimate of drug-likeness (QED) is 0.832. The Bertz CT molecular complexity index is 544. The van der Waals surface area contributed by atoms with Gasteiger partial charge < -0.3 is 0 Å². The van der Waals surface area contributed by atoms with Crippen molar-refractivity contribution >= 4 is 11.6 Å². The molecule has 0 aliphatic heterocycles. The van der Waals surface area contributed by atoms with Crippen LogP contribution in [0.5, 0.6) is 0 Å². The van der Waals surface area contributed by atoms with Crippen LogP contribution in [0.1, 0.15) is 19.0 Å². The highest BCUT2D eigenvalue weighted by Crippen LogP contribution is 2.14. The molecule has 0 saturated heterocycles. The lowest BCUT2D eigenvalue weighted by atomic mass is 10.3. The van der Waals surface area contributed by atoms with E-state index in [1.807, 2.05) is 0 Å². The molecule has 16 heavy (non-hydrogen) atoms. The van der Waals surface area contributed by atoms with E-state index in [0.717, 1.165) is 18.5 Å². The maximum absolute atomic E-state index is 11.7. The Hall–Kier alpha value is -1.55. The summed E-state index contributed by atoms with van der Waals surface area (Å²) in [7, 11) is 0. The first-order valence-corrected chi connectivity index (χ1v) is 5.52. The Kier molecular flexibility index (Phi) is 3.10. The van der Waals surface area contributed by atoms with Gasteiger partial charge in [0.05, 0.1) is 0 Å². The maximum Gasteiger partial charge on any atom is 0.271 e. The number of aromatic nitrogens is 3. The maximum atomic E-state index is 11.7. The third-order valence-corrected chi connectivity index (χ3v) is 2.56. The van der Waals surface area contributed by atoms with Crippen LogP contribution in [0, 0.1) is 0 Å². The molecule has 0 aliphatic rings.